The second kappa shape index (κ2) is 14.6. The molecule has 0 unspecified atom stereocenters. The molecule has 3 aliphatic heterocycles. The van der Waals surface area contributed by atoms with Crippen molar-refractivity contribution in [2.45, 2.75) is 45.4 Å². The Bertz CT molecular complexity index is 1040. The number of benzene rings is 1. The topological polar surface area (TPSA) is 70.7 Å². The number of aliphatic imine (C=N–C) groups is 1. The maximum Gasteiger partial charge on any atom is 0.188 e. The summed E-state index contributed by atoms with van der Waals surface area (Å²) in [5.41, 5.74) is 7.31. The van der Waals surface area contributed by atoms with Crippen molar-refractivity contribution >= 4 is 52.0 Å². The van der Waals surface area contributed by atoms with E-state index in [9.17, 15) is 4.79 Å². The van der Waals surface area contributed by atoms with Crippen molar-refractivity contribution in [1.82, 2.24) is 10.2 Å². The van der Waals surface area contributed by atoms with E-state index < -0.39 is 6.89 Å². The van der Waals surface area contributed by atoms with E-state index in [4.69, 9.17) is 17.3 Å². The lowest BCUT2D eigenvalue weighted by atomic mass is 9.96. The fourth-order valence-corrected chi connectivity index (χ4v) is 9.20. The summed E-state index contributed by atoms with van der Waals surface area (Å²) in [6, 6.07) is 5.54. The largest absolute Gasteiger partial charge is 0.370 e. The maximum absolute atomic E-state index is 11.1. The molecule has 2 fully saturated rings. The number of guanidine groups is 1. The highest BCUT2D eigenvalue weighted by Crippen LogP contribution is 2.66. The Morgan fingerprint density at radius 1 is 1.31 bits per heavy atom. The zero-order chi connectivity index (χ0) is 26.0. The van der Waals surface area contributed by atoms with Gasteiger partial charge in [0.25, 0.3) is 0 Å². The third kappa shape index (κ3) is 8.62. The number of allylic oxidation sites excluding steroid dienone is 3. The van der Waals surface area contributed by atoms with Crippen LogP contribution >= 0.6 is 34.4 Å². The number of carbonyl (C=O) groups excluding carboxylic acids is 1. The molecule has 1 aromatic rings. The van der Waals surface area contributed by atoms with Gasteiger partial charge in [0.05, 0.1) is 0 Å². The molecule has 2 saturated heterocycles. The molecule has 0 radical (unpaired) electrons. The Kier molecular flexibility index (Phi) is 11.8. The molecule has 0 aliphatic carbocycles. The van der Waals surface area contributed by atoms with E-state index in [0.29, 0.717) is 11.0 Å². The number of nitrogens with one attached hydrogen (secondary N) is 1. The van der Waals surface area contributed by atoms with E-state index in [1.54, 1.807) is 12.3 Å². The molecule has 3 heterocycles. The third-order valence-electron chi connectivity index (χ3n) is 7.36. The highest BCUT2D eigenvalue weighted by molar-refractivity contribution is 9.11. The van der Waals surface area contributed by atoms with Crippen LogP contribution in [0.3, 0.4) is 0 Å². The Balaban J connectivity index is 0.000000207. The zero-order valence-corrected chi connectivity index (χ0v) is 24.9. The fourth-order valence-electron chi connectivity index (χ4n) is 4.81. The molecule has 198 valence electrons. The Morgan fingerprint density at radius 2 is 2.06 bits per heavy atom. The van der Waals surface area contributed by atoms with Crippen LogP contribution in [0.4, 0.5) is 0 Å². The van der Waals surface area contributed by atoms with Crippen LogP contribution in [0.15, 0.2) is 45.6 Å². The van der Waals surface area contributed by atoms with Gasteiger partial charge >= 0.3 is 0 Å². The highest BCUT2D eigenvalue weighted by atomic mass is 79.9. The highest BCUT2D eigenvalue weighted by Gasteiger charge is 2.32. The van der Waals surface area contributed by atoms with Gasteiger partial charge in [-0.2, -0.15) is 0 Å². The van der Waals surface area contributed by atoms with Gasteiger partial charge < -0.3 is 16.0 Å². The van der Waals surface area contributed by atoms with Gasteiger partial charge in [0.1, 0.15) is 6.29 Å². The summed E-state index contributed by atoms with van der Waals surface area (Å²) in [6.07, 6.45) is 15.1. The fraction of sp³-hybridized carbons (Fsp3) is 0.536. The van der Waals surface area contributed by atoms with Gasteiger partial charge in [0, 0.05) is 28.7 Å². The normalized spacial score (nSPS) is 19.5. The maximum atomic E-state index is 11.1. The van der Waals surface area contributed by atoms with Crippen molar-refractivity contribution < 1.29 is 4.79 Å². The summed E-state index contributed by atoms with van der Waals surface area (Å²) in [5, 5.41) is 5.43. The first kappa shape index (κ1) is 29.2. The first-order chi connectivity index (χ1) is 17.4. The number of unbranched alkanes of at least 4 members (excludes halogenated alkanes) is 1. The standard InChI is InChI=1S/C16H15BrClOP.C12H26N4/c17-13-6-7-20(8-9-20)14(10-13)4-5-15-12(11-19)2-1-3-16(15)18;1-3-4-7-16-8-5-11(6-9-16)10-15-12(13)14-2/h1-3,6-7,10-11H,4-5,8-9H2;11H,3-10H2,1-2H3,(H3,13,14,15). The molecule has 8 heteroatoms. The number of halogens is 2. The van der Waals surface area contributed by atoms with Gasteiger partial charge in [0.15, 0.2) is 5.96 Å². The van der Waals surface area contributed by atoms with Crippen LogP contribution in [0.5, 0.6) is 0 Å². The smallest absolute Gasteiger partial charge is 0.188 e. The first-order valence-corrected chi connectivity index (χ1v) is 16.5. The summed E-state index contributed by atoms with van der Waals surface area (Å²) in [7, 11) is 1.72. The number of nitrogens with two attached hydrogens (primary N) is 1. The van der Waals surface area contributed by atoms with Gasteiger partial charge in [-0.25, -0.2) is 0 Å². The summed E-state index contributed by atoms with van der Waals surface area (Å²) in [4.78, 5) is 17.6. The number of carbonyl (C=O) groups is 1. The average Bonchev–Trinajstić information content (AvgIpc) is 3.68. The van der Waals surface area contributed by atoms with E-state index in [-0.39, 0.29) is 0 Å². The van der Waals surface area contributed by atoms with Gasteiger partial charge in [-0.15, -0.1) is 0 Å². The third-order valence-corrected chi connectivity index (χ3v) is 11.8. The van der Waals surface area contributed by atoms with Crippen LogP contribution in [-0.4, -0.2) is 68.0 Å². The van der Waals surface area contributed by atoms with Crippen LogP contribution < -0.4 is 11.1 Å². The number of likely N-dealkylation sites (tertiary alicyclic amines) is 1. The van der Waals surface area contributed by atoms with Crippen molar-refractivity contribution in [3.8, 4) is 0 Å². The van der Waals surface area contributed by atoms with E-state index in [1.165, 1.54) is 57.6 Å². The number of aldehydes is 1. The van der Waals surface area contributed by atoms with Crippen LogP contribution in [-0.2, 0) is 6.42 Å². The van der Waals surface area contributed by atoms with E-state index in [0.717, 1.165) is 47.2 Å². The summed E-state index contributed by atoms with van der Waals surface area (Å²) < 4.78 is 1.15. The molecular formula is C28H41BrClN4OP. The van der Waals surface area contributed by atoms with Gasteiger partial charge in [0.2, 0.25) is 0 Å². The Labute approximate surface area is 230 Å². The SMILES string of the molecule is CCCCN1CCC(CNC(N)=NC)CC1.O=Cc1cccc(Cl)c1CCC1=P2(C=CC(Br)=C1)CC2. The number of rotatable bonds is 9. The first-order valence-electron chi connectivity index (χ1n) is 13.1. The van der Waals surface area contributed by atoms with Crippen LogP contribution in [0, 0.1) is 5.92 Å². The second-order valence-electron chi connectivity index (χ2n) is 9.87. The second-order valence-corrected chi connectivity index (χ2v) is 15.0. The summed E-state index contributed by atoms with van der Waals surface area (Å²) in [6.45, 7) is 6.08. The molecule has 3 N–H and O–H groups in total. The van der Waals surface area contributed by atoms with Gasteiger partial charge in [-0.05, 0) is 99.1 Å². The molecule has 0 saturated carbocycles. The molecule has 1 spiro atoms. The summed E-state index contributed by atoms with van der Waals surface area (Å²) in [5.74, 6) is 3.74. The molecular weight excluding hydrogens is 555 g/mol. The lowest BCUT2D eigenvalue weighted by molar-refractivity contribution is 0.112. The lowest BCUT2D eigenvalue weighted by Crippen LogP contribution is -2.40. The molecule has 1 aromatic carbocycles. The van der Waals surface area contributed by atoms with Gasteiger partial charge in [-0.1, -0.05) is 65.7 Å². The van der Waals surface area contributed by atoms with Crippen molar-refractivity contribution in [1.29, 1.82) is 0 Å². The monoisotopic (exact) mass is 594 g/mol. The Morgan fingerprint density at radius 3 is 2.69 bits per heavy atom. The molecule has 0 bridgehead atoms. The number of hydrogen-bond acceptors (Lipinski definition) is 3. The predicted octanol–water partition coefficient (Wildman–Crippen LogP) is 6.13. The van der Waals surface area contributed by atoms with E-state index in [2.05, 4.69) is 56.0 Å². The molecule has 0 aromatic heterocycles. The van der Waals surface area contributed by atoms with Crippen LogP contribution in [0.25, 0.3) is 0 Å². The number of hydrogen-bond donors (Lipinski definition) is 2. The molecule has 36 heavy (non-hydrogen) atoms. The minimum atomic E-state index is -0.911. The molecule has 3 aliphatic rings. The molecule has 0 amide bonds. The number of piperidine rings is 1. The van der Waals surface area contributed by atoms with Crippen LogP contribution in [0.2, 0.25) is 5.02 Å². The Hall–Kier alpha value is -1.33. The molecule has 4 rings (SSSR count). The van der Waals surface area contributed by atoms with Crippen molar-refractivity contribution in [3.05, 3.63) is 56.8 Å². The number of nitrogens with zero attached hydrogens (tertiary/aromatic N) is 2. The van der Waals surface area contributed by atoms with E-state index in [1.807, 2.05) is 18.2 Å². The van der Waals surface area contributed by atoms with Crippen molar-refractivity contribution in [3.63, 3.8) is 0 Å². The van der Waals surface area contributed by atoms with Crippen LogP contribution in [0.1, 0.15) is 54.9 Å². The minimum Gasteiger partial charge on any atom is -0.370 e. The van der Waals surface area contributed by atoms with Crippen molar-refractivity contribution in [2.24, 2.45) is 16.6 Å². The predicted molar refractivity (Wildman–Crippen MR) is 163 cm³/mol. The van der Waals surface area contributed by atoms with E-state index >= 15 is 0 Å². The minimum absolute atomic E-state index is 0.563. The quantitative estimate of drug-likeness (QED) is 0.156. The zero-order valence-electron chi connectivity index (χ0n) is 21.7. The average molecular weight is 596 g/mol. The molecule has 0 atom stereocenters. The lowest BCUT2D eigenvalue weighted by Gasteiger charge is -2.32. The summed E-state index contributed by atoms with van der Waals surface area (Å²) >= 11 is 9.81. The van der Waals surface area contributed by atoms with Gasteiger partial charge in [-0.3, -0.25) is 9.79 Å². The molecule has 5 nitrogen and oxygen atoms in total. The van der Waals surface area contributed by atoms with Crippen molar-refractivity contribution in [2.75, 3.05) is 45.6 Å².